The van der Waals surface area contributed by atoms with Gasteiger partial charge in [-0.3, -0.25) is 0 Å². The molecule has 0 bridgehead atoms. The molecule has 108 valence electrons. The second-order valence-electron chi connectivity index (χ2n) is 4.80. The van der Waals surface area contributed by atoms with Crippen molar-refractivity contribution >= 4 is 21.8 Å². The first-order valence-corrected chi connectivity index (χ1v) is 9.79. The van der Waals surface area contributed by atoms with Crippen LogP contribution < -0.4 is 10.0 Å². The van der Waals surface area contributed by atoms with E-state index in [1.165, 1.54) is 18.6 Å². The molecule has 0 saturated carbocycles. The Morgan fingerprint density at radius 2 is 1.83 bits per heavy atom. The molecule has 0 atom stereocenters. The SMILES string of the molecule is CSCCCCCCNS(=O)(=O)C1CCNCC1. The molecule has 0 unspecified atom stereocenters. The molecular weight excluding hydrogens is 268 g/mol. The standard InChI is InChI=1S/C12H26N2O2S2/c1-17-11-5-3-2-4-8-14-18(15,16)12-6-9-13-10-7-12/h12-14H,2-11H2,1H3. The van der Waals surface area contributed by atoms with Crippen LogP contribution in [0.5, 0.6) is 0 Å². The monoisotopic (exact) mass is 294 g/mol. The zero-order chi connectivity index (χ0) is 13.3. The van der Waals surface area contributed by atoms with Crippen LogP contribution >= 0.6 is 11.8 Å². The summed E-state index contributed by atoms with van der Waals surface area (Å²) in [7, 11) is -3.07. The van der Waals surface area contributed by atoms with E-state index < -0.39 is 10.0 Å². The Morgan fingerprint density at radius 3 is 2.50 bits per heavy atom. The van der Waals surface area contributed by atoms with E-state index >= 15 is 0 Å². The van der Waals surface area contributed by atoms with E-state index in [2.05, 4.69) is 16.3 Å². The Morgan fingerprint density at radius 1 is 1.17 bits per heavy atom. The van der Waals surface area contributed by atoms with E-state index in [9.17, 15) is 8.42 Å². The molecule has 2 N–H and O–H groups in total. The predicted octanol–water partition coefficient (Wildman–Crippen LogP) is 1.58. The van der Waals surface area contributed by atoms with Crippen LogP contribution in [0.2, 0.25) is 0 Å². The molecule has 1 aliphatic rings. The Kier molecular flexibility index (Phi) is 8.30. The van der Waals surface area contributed by atoms with Gasteiger partial charge in [0.15, 0.2) is 0 Å². The van der Waals surface area contributed by atoms with Crippen LogP contribution in [0.3, 0.4) is 0 Å². The summed E-state index contributed by atoms with van der Waals surface area (Å²) in [4.78, 5) is 0. The van der Waals surface area contributed by atoms with E-state index in [0.717, 1.165) is 38.8 Å². The summed E-state index contributed by atoms with van der Waals surface area (Å²) in [5, 5.41) is 3.00. The minimum Gasteiger partial charge on any atom is -0.317 e. The molecule has 0 aromatic carbocycles. The lowest BCUT2D eigenvalue weighted by atomic mass is 10.2. The zero-order valence-corrected chi connectivity index (χ0v) is 12.9. The van der Waals surface area contributed by atoms with Crippen LogP contribution in [-0.2, 0) is 10.0 Å². The molecule has 18 heavy (non-hydrogen) atoms. The van der Waals surface area contributed by atoms with Crippen molar-refractivity contribution < 1.29 is 8.42 Å². The van der Waals surface area contributed by atoms with Gasteiger partial charge in [-0.25, -0.2) is 13.1 Å². The van der Waals surface area contributed by atoms with Gasteiger partial charge in [0.2, 0.25) is 10.0 Å². The molecule has 0 radical (unpaired) electrons. The van der Waals surface area contributed by atoms with Crippen LogP contribution in [0.4, 0.5) is 0 Å². The first kappa shape index (κ1) is 16.3. The van der Waals surface area contributed by atoms with Crippen molar-refractivity contribution in [3.63, 3.8) is 0 Å². The molecule has 1 rings (SSSR count). The fraction of sp³-hybridized carbons (Fsp3) is 1.00. The summed E-state index contributed by atoms with van der Waals surface area (Å²) in [6, 6.07) is 0. The highest BCUT2D eigenvalue weighted by molar-refractivity contribution is 7.98. The van der Waals surface area contributed by atoms with Crippen LogP contribution in [0.25, 0.3) is 0 Å². The number of thioether (sulfide) groups is 1. The van der Waals surface area contributed by atoms with Crippen molar-refractivity contribution in [1.82, 2.24) is 10.0 Å². The lowest BCUT2D eigenvalue weighted by molar-refractivity contribution is 0.488. The summed E-state index contributed by atoms with van der Waals surface area (Å²) in [5.41, 5.74) is 0. The van der Waals surface area contributed by atoms with Crippen molar-refractivity contribution in [2.45, 2.75) is 43.8 Å². The second kappa shape index (κ2) is 9.18. The molecule has 0 spiro atoms. The van der Waals surface area contributed by atoms with E-state index in [1.54, 1.807) is 0 Å². The number of unbranched alkanes of at least 4 members (excludes halogenated alkanes) is 3. The topological polar surface area (TPSA) is 58.2 Å². The van der Waals surface area contributed by atoms with Gasteiger partial charge in [-0.05, 0) is 50.8 Å². The van der Waals surface area contributed by atoms with Gasteiger partial charge in [0.1, 0.15) is 0 Å². The predicted molar refractivity (Wildman–Crippen MR) is 79.7 cm³/mol. The molecule has 1 aliphatic heterocycles. The largest absolute Gasteiger partial charge is 0.317 e. The molecule has 0 aliphatic carbocycles. The lowest BCUT2D eigenvalue weighted by Gasteiger charge is -2.22. The number of rotatable bonds is 9. The van der Waals surface area contributed by atoms with Gasteiger partial charge in [0.05, 0.1) is 5.25 Å². The first-order valence-electron chi connectivity index (χ1n) is 6.85. The quantitative estimate of drug-likeness (QED) is 0.634. The van der Waals surface area contributed by atoms with Gasteiger partial charge in [0, 0.05) is 6.54 Å². The maximum Gasteiger partial charge on any atom is 0.214 e. The van der Waals surface area contributed by atoms with Crippen LogP contribution in [-0.4, -0.2) is 45.3 Å². The smallest absolute Gasteiger partial charge is 0.214 e. The number of nitrogens with one attached hydrogen (secondary N) is 2. The van der Waals surface area contributed by atoms with Crippen molar-refractivity contribution in [1.29, 1.82) is 0 Å². The molecular formula is C12H26N2O2S2. The Bertz CT molecular complexity index is 301. The molecule has 6 heteroatoms. The molecule has 0 aromatic rings. The summed E-state index contributed by atoms with van der Waals surface area (Å²) in [6.45, 7) is 2.24. The maximum atomic E-state index is 12.0. The fourth-order valence-electron chi connectivity index (χ4n) is 2.16. The third-order valence-corrected chi connectivity index (χ3v) is 5.96. The number of sulfonamides is 1. The van der Waals surface area contributed by atoms with E-state index in [0.29, 0.717) is 6.54 Å². The molecule has 0 aromatic heterocycles. The van der Waals surface area contributed by atoms with Gasteiger partial charge in [-0.1, -0.05) is 12.8 Å². The average Bonchev–Trinajstić information content (AvgIpc) is 2.39. The van der Waals surface area contributed by atoms with Gasteiger partial charge in [-0.2, -0.15) is 11.8 Å². The van der Waals surface area contributed by atoms with Crippen LogP contribution in [0, 0.1) is 0 Å². The van der Waals surface area contributed by atoms with Crippen molar-refractivity contribution in [2.24, 2.45) is 0 Å². The maximum absolute atomic E-state index is 12.0. The first-order chi connectivity index (χ1) is 8.67. The Labute approximate surface area is 116 Å². The van der Waals surface area contributed by atoms with Crippen molar-refractivity contribution in [3.05, 3.63) is 0 Å². The molecule has 1 saturated heterocycles. The molecule has 0 amide bonds. The molecule has 1 heterocycles. The lowest BCUT2D eigenvalue weighted by Crippen LogP contribution is -2.41. The van der Waals surface area contributed by atoms with Gasteiger partial charge < -0.3 is 5.32 Å². The minimum absolute atomic E-state index is 0.185. The highest BCUT2D eigenvalue weighted by Crippen LogP contribution is 2.12. The fourth-order valence-corrected chi connectivity index (χ4v) is 4.18. The molecule has 4 nitrogen and oxygen atoms in total. The number of piperidine rings is 1. The Balaban J connectivity index is 2.09. The normalized spacial score (nSPS) is 18.1. The second-order valence-corrected chi connectivity index (χ2v) is 7.83. The van der Waals surface area contributed by atoms with Gasteiger partial charge >= 0.3 is 0 Å². The highest BCUT2D eigenvalue weighted by atomic mass is 32.2. The summed E-state index contributed by atoms with van der Waals surface area (Å²) in [5.74, 6) is 1.21. The number of hydrogen-bond donors (Lipinski definition) is 2. The van der Waals surface area contributed by atoms with E-state index in [1.807, 2.05) is 11.8 Å². The van der Waals surface area contributed by atoms with Crippen LogP contribution in [0.1, 0.15) is 38.5 Å². The summed E-state index contributed by atoms with van der Waals surface area (Å²) >= 11 is 1.87. The van der Waals surface area contributed by atoms with Crippen LogP contribution in [0.15, 0.2) is 0 Å². The van der Waals surface area contributed by atoms with E-state index in [4.69, 9.17) is 0 Å². The number of hydrogen-bond acceptors (Lipinski definition) is 4. The van der Waals surface area contributed by atoms with Gasteiger partial charge in [0.25, 0.3) is 0 Å². The third kappa shape index (κ3) is 6.41. The average molecular weight is 294 g/mol. The molecule has 1 fully saturated rings. The summed E-state index contributed by atoms with van der Waals surface area (Å²) in [6.07, 6.45) is 8.12. The van der Waals surface area contributed by atoms with E-state index in [-0.39, 0.29) is 5.25 Å². The Hall–Kier alpha value is 0.220. The van der Waals surface area contributed by atoms with Crippen molar-refractivity contribution in [2.75, 3.05) is 31.6 Å². The van der Waals surface area contributed by atoms with Gasteiger partial charge in [-0.15, -0.1) is 0 Å². The zero-order valence-electron chi connectivity index (χ0n) is 11.3. The summed E-state index contributed by atoms with van der Waals surface area (Å²) < 4.78 is 26.7. The van der Waals surface area contributed by atoms with Crippen molar-refractivity contribution in [3.8, 4) is 0 Å². The minimum atomic E-state index is -3.07. The third-order valence-electron chi connectivity index (χ3n) is 3.30. The highest BCUT2D eigenvalue weighted by Gasteiger charge is 2.26.